The summed E-state index contributed by atoms with van der Waals surface area (Å²) in [6, 6.07) is 9.14. The lowest BCUT2D eigenvalue weighted by Crippen LogP contribution is -2.47. The Balaban J connectivity index is 1.27. The van der Waals surface area contributed by atoms with Gasteiger partial charge in [-0.2, -0.15) is 0 Å². The third-order valence-electron chi connectivity index (χ3n) is 5.86. The third kappa shape index (κ3) is 4.62. The van der Waals surface area contributed by atoms with E-state index in [1.165, 1.54) is 0 Å². The summed E-state index contributed by atoms with van der Waals surface area (Å²) in [4.78, 5) is 28.8. The van der Waals surface area contributed by atoms with Gasteiger partial charge in [0.15, 0.2) is 6.10 Å². The molecule has 2 aliphatic rings. The first-order chi connectivity index (χ1) is 14.9. The van der Waals surface area contributed by atoms with Gasteiger partial charge in [-0.15, -0.1) is 0 Å². The number of methoxy groups -OCH3 is 1. The zero-order valence-electron chi connectivity index (χ0n) is 18.1. The third-order valence-corrected chi connectivity index (χ3v) is 5.86. The maximum Gasteiger partial charge on any atom is 0.410 e. The summed E-state index contributed by atoms with van der Waals surface area (Å²) >= 11 is 0. The fourth-order valence-electron chi connectivity index (χ4n) is 4.18. The Morgan fingerprint density at radius 1 is 1.13 bits per heavy atom. The molecule has 2 saturated heterocycles. The zero-order chi connectivity index (χ0) is 22.0. The maximum atomic E-state index is 12.8. The van der Waals surface area contributed by atoms with Crippen LogP contribution in [0, 0.1) is 13.8 Å². The monoisotopic (exact) mass is 428 g/mol. The number of hydrogen-bond donors (Lipinski definition) is 0. The molecule has 2 aliphatic heterocycles. The van der Waals surface area contributed by atoms with Gasteiger partial charge in [0.1, 0.15) is 29.6 Å². The number of carbonyl (C=O) groups excluding carboxylic acids is 2. The molecule has 166 valence electrons. The van der Waals surface area contributed by atoms with Crippen molar-refractivity contribution >= 4 is 12.0 Å². The number of ether oxygens (including phenoxy) is 3. The average molecular weight is 428 g/mol. The molecule has 1 aromatic carbocycles. The molecule has 1 unspecified atom stereocenters. The van der Waals surface area contributed by atoms with Crippen molar-refractivity contribution in [2.24, 2.45) is 0 Å². The van der Waals surface area contributed by atoms with Crippen molar-refractivity contribution in [3.8, 4) is 11.5 Å². The summed E-state index contributed by atoms with van der Waals surface area (Å²) in [5.41, 5.74) is 0.618. The molecular formula is C23H28N2O6. The largest absolute Gasteiger partial charge is 0.497 e. The molecule has 0 bridgehead atoms. The lowest BCUT2D eigenvalue weighted by Gasteiger charge is -2.35. The predicted molar refractivity (Wildman–Crippen MR) is 113 cm³/mol. The van der Waals surface area contributed by atoms with Crippen molar-refractivity contribution in [1.82, 2.24) is 9.80 Å². The van der Waals surface area contributed by atoms with Crippen molar-refractivity contribution in [1.29, 1.82) is 0 Å². The fraction of sp³-hybridized carbons (Fsp3) is 0.478. The molecule has 8 heteroatoms. The van der Waals surface area contributed by atoms with E-state index in [4.69, 9.17) is 18.6 Å². The van der Waals surface area contributed by atoms with Gasteiger partial charge in [-0.25, -0.2) is 4.79 Å². The quantitative estimate of drug-likeness (QED) is 0.701. The van der Waals surface area contributed by atoms with Gasteiger partial charge in [0, 0.05) is 19.1 Å². The number of nitrogens with zero attached hydrogens (tertiary/aromatic N) is 2. The number of rotatable bonds is 6. The van der Waals surface area contributed by atoms with Crippen LogP contribution in [0.4, 0.5) is 4.79 Å². The van der Waals surface area contributed by atoms with Crippen LogP contribution in [0.3, 0.4) is 0 Å². The van der Waals surface area contributed by atoms with Gasteiger partial charge in [-0.05, 0) is 57.0 Å². The second kappa shape index (κ2) is 8.91. The Morgan fingerprint density at radius 2 is 1.81 bits per heavy atom. The Hall–Kier alpha value is -3.16. The zero-order valence-corrected chi connectivity index (χ0v) is 18.1. The Bertz CT molecular complexity index is 930. The normalized spacial score (nSPS) is 19.5. The first-order valence-electron chi connectivity index (χ1n) is 10.5. The topological polar surface area (TPSA) is 81.5 Å². The lowest BCUT2D eigenvalue weighted by molar-refractivity contribution is 0.0656. The van der Waals surface area contributed by atoms with Crippen LogP contribution in [0.1, 0.15) is 34.7 Å². The van der Waals surface area contributed by atoms with Crippen LogP contribution in [0.5, 0.6) is 11.5 Å². The second-order valence-corrected chi connectivity index (χ2v) is 7.99. The lowest BCUT2D eigenvalue weighted by atomic mass is 10.0. The van der Waals surface area contributed by atoms with E-state index >= 15 is 0 Å². The van der Waals surface area contributed by atoms with Gasteiger partial charge in [0.05, 0.1) is 19.2 Å². The minimum atomic E-state index is -0.314. The van der Waals surface area contributed by atoms with Crippen LogP contribution in [-0.2, 0) is 4.74 Å². The smallest absolute Gasteiger partial charge is 0.410 e. The van der Waals surface area contributed by atoms with E-state index in [1.54, 1.807) is 25.0 Å². The summed E-state index contributed by atoms with van der Waals surface area (Å²) in [5.74, 6) is 2.83. The molecule has 4 rings (SSSR count). The highest BCUT2D eigenvalue weighted by Crippen LogP contribution is 2.25. The molecule has 2 aromatic rings. The number of carbonyl (C=O) groups is 2. The van der Waals surface area contributed by atoms with E-state index in [0.717, 1.165) is 24.4 Å². The van der Waals surface area contributed by atoms with Crippen molar-refractivity contribution in [2.75, 3.05) is 33.4 Å². The number of aryl methyl sites for hydroxylation is 2. The van der Waals surface area contributed by atoms with E-state index in [-0.39, 0.29) is 24.1 Å². The summed E-state index contributed by atoms with van der Waals surface area (Å²) < 4.78 is 21.9. The van der Waals surface area contributed by atoms with Crippen LogP contribution in [-0.4, -0.2) is 67.3 Å². The summed E-state index contributed by atoms with van der Waals surface area (Å²) in [6.45, 7) is 5.64. The number of benzene rings is 1. The number of furan rings is 1. The molecule has 8 nitrogen and oxygen atoms in total. The number of cyclic esters (lactones) is 1. The molecule has 2 amide bonds. The van der Waals surface area contributed by atoms with E-state index < -0.39 is 0 Å². The van der Waals surface area contributed by atoms with Crippen LogP contribution in [0.25, 0.3) is 0 Å². The Labute approximate surface area is 181 Å². The molecule has 0 saturated carbocycles. The number of hydrogen-bond acceptors (Lipinski definition) is 6. The van der Waals surface area contributed by atoms with Gasteiger partial charge in [0.25, 0.3) is 5.91 Å². The number of piperidine rings is 1. The van der Waals surface area contributed by atoms with Gasteiger partial charge in [0.2, 0.25) is 0 Å². The fourth-order valence-corrected chi connectivity index (χ4v) is 4.18. The molecule has 31 heavy (non-hydrogen) atoms. The van der Waals surface area contributed by atoms with Crippen LogP contribution < -0.4 is 9.47 Å². The Kier molecular flexibility index (Phi) is 6.06. The van der Waals surface area contributed by atoms with E-state index in [9.17, 15) is 9.59 Å². The van der Waals surface area contributed by atoms with Crippen molar-refractivity contribution in [2.45, 2.75) is 38.8 Å². The van der Waals surface area contributed by atoms with E-state index in [0.29, 0.717) is 43.3 Å². The molecule has 0 N–H and O–H groups in total. The van der Waals surface area contributed by atoms with Crippen molar-refractivity contribution < 1.29 is 28.2 Å². The van der Waals surface area contributed by atoms with Gasteiger partial charge in [-0.1, -0.05) is 0 Å². The highest BCUT2D eigenvalue weighted by atomic mass is 16.6. The van der Waals surface area contributed by atoms with Crippen molar-refractivity contribution in [3.63, 3.8) is 0 Å². The van der Waals surface area contributed by atoms with E-state index in [2.05, 4.69) is 0 Å². The molecule has 0 radical (unpaired) electrons. The molecule has 1 atom stereocenters. The molecule has 0 aliphatic carbocycles. The molecular weight excluding hydrogens is 400 g/mol. The maximum absolute atomic E-state index is 12.8. The van der Waals surface area contributed by atoms with Crippen LogP contribution in [0.15, 0.2) is 34.7 Å². The standard InChI is InChI=1S/C23H28N2O6/c1-15-12-21(16(2)30-15)22(26)24-10-8-17(9-11-24)25-13-20(31-23(25)27)14-29-19-6-4-18(28-3)5-7-19/h4-7,12,17,20H,8-11,13-14H2,1-3H3. The minimum absolute atomic E-state index is 0.0115. The number of likely N-dealkylation sites (tertiary alicyclic amines) is 1. The SMILES string of the molecule is COc1ccc(OCC2CN(C3CCN(C(=O)c4cc(C)oc4C)CC3)C(=O)O2)cc1. The van der Waals surface area contributed by atoms with Crippen LogP contribution >= 0.6 is 0 Å². The van der Waals surface area contributed by atoms with Gasteiger partial charge in [-0.3, -0.25) is 4.79 Å². The first kappa shape index (κ1) is 21.1. The predicted octanol–water partition coefficient (Wildman–Crippen LogP) is 3.41. The van der Waals surface area contributed by atoms with Crippen LogP contribution in [0.2, 0.25) is 0 Å². The molecule has 0 spiro atoms. The van der Waals surface area contributed by atoms with Gasteiger partial charge < -0.3 is 28.4 Å². The number of amides is 2. The molecule has 2 fully saturated rings. The average Bonchev–Trinajstić information content (AvgIpc) is 3.33. The summed E-state index contributed by atoms with van der Waals surface area (Å²) in [6.07, 6.45) is 0.825. The molecule has 3 heterocycles. The Morgan fingerprint density at radius 3 is 2.42 bits per heavy atom. The highest BCUT2D eigenvalue weighted by Gasteiger charge is 2.38. The molecule has 1 aromatic heterocycles. The van der Waals surface area contributed by atoms with Gasteiger partial charge >= 0.3 is 6.09 Å². The van der Waals surface area contributed by atoms with E-state index in [1.807, 2.05) is 36.1 Å². The highest BCUT2D eigenvalue weighted by molar-refractivity contribution is 5.95. The summed E-state index contributed by atoms with van der Waals surface area (Å²) in [7, 11) is 1.61. The second-order valence-electron chi connectivity index (χ2n) is 7.99. The van der Waals surface area contributed by atoms with Crippen molar-refractivity contribution in [3.05, 3.63) is 47.4 Å². The first-order valence-corrected chi connectivity index (χ1v) is 10.5. The minimum Gasteiger partial charge on any atom is -0.497 e. The summed E-state index contributed by atoms with van der Waals surface area (Å²) in [5, 5.41) is 0.